The van der Waals surface area contributed by atoms with Crippen molar-refractivity contribution in [2.24, 2.45) is 0 Å². The van der Waals surface area contributed by atoms with Gasteiger partial charge in [-0.05, 0) is 106 Å². The molecule has 6 N–H and O–H groups in total. The lowest BCUT2D eigenvalue weighted by Crippen LogP contribution is -2.50. The molecule has 4 amide bonds. The van der Waals surface area contributed by atoms with Crippen molar-refractivity contribution in [2.75, 3.05) is 25.0 Å². The SMILES string of the molecule is CC(C)(C)OC(=O)N[C@@H](C(=O)N1CCC[C@H]1C(=O)Nc1ccc2[nH]c(-c3ccc(-c4cnc([C@@H]5CCCN5C[C@@H](NC(=O)O)C5C=CC=CO5)[nH]4)cc3)cc2c1)c1ccccc1. The van der Waals surface area contributed by atoms with Crippen LogP contribution in [0.1, 0.15) is 69.9 Å². The van der Waals surface area contributed by atoms with E-state index in [9.17, 15) is 24.3 Å². The van der Waals surface area contributed by atoms with E-state index in [0.717, 1.165) is 58.6 Å². The number of aromatic amines is 2. The van der Waals surface area contributed by atoms with Gasteiger partial charge in [0.15, 0.2) is 0 Å². The number of nitrogens with one attached hydrogen (secondary N) is 5. The molecule has 2 aromatic heterocycles. The molecule has 3 aromatic carbocycles. The molecule has 62 heavy (non-hydrogen) atoms. The van der Waals surface area contributed by atoms with Gasteiger partial charge in [0.1, 0.15) is 29.6 Å². The first kappa shape index (κ1) is 41.8. The number of allylic oxidation sites excluding steroid dienone is 2. The third-order valence-electron chi connectivity index (χ3n) is 11.4. The van der Waals surface area contributed by atoms with E-state index >= 15 is 0 Å². The summed E-state index contributed by atoms with van der Waals surface area (Å²) in [5.41, 5.74) is 5.12. The highest BCUT2D eigenvalue weighted by atomic mass is 16.6. The Bertz CT molecular complexity index is 2470. The average molecular weight is 841 g/mol. The number of carboxylic acid groups (broad SMARTS) is 1. The summed E-state index contributed by atoms with van der Waals surface area (Å²) in [7, 11) is 0. The second-order valence-electron chi connectivity index (χ2n) is 16.9. The lowest BCUT2D eigenvalue weighted by Gasteiger charge is -2.31. The summed E-state index contributed by atoms with van der Waals surface area (Å²) in [6, 6.07) is 22.7. The first-order valence-corrected chi connectivity index (χ1v) is 21.0. The van der Waals surface area contributed by atoms with Crippen molar-refractivity contribution in [3.63, 3.8) is 0 Å². The summed E-state index contributed by atoms with van der Waals surface area (Å²) in [4.78, 5) is 67.8. The zero-order valence-electron chi connectivity index (χ0n) is 35.0. The van der Waals surface area contributed by atoms with E-state index in [1.807, 2.05) is 72.9 Å². The van der Waals surface area contributed by atoms with Gasteiger partial charge in [-0.2, -0.15) is 0 Å². The minimum Gasteiger partial charge on any atom is -0.492 e. The molecule has 0 saturated carbocycles. The molecule has 5 aromatic rings. The largest absolute Gasteiger partial charge is 0.492 e. The fourth-order valence-electron chi connectivity index (χ4n) is 8.53. The van der Waals surface area contributed by atoms with Crippen molar-refractivity contribution in [1.29, 1.82) is 0 Å². The summed E-state index contributed by atoms with van der Waals surface area (Å²) in [5.74, 6) is 0.173. The number of ether oxygens (including phenoxy) is 2. The Morgan fingerprint density at radius 1 is 0.903 bits per heavy atom. The number of amides is 4. The third-order valence-corrected chi connectivity index (χ3v) is 11.4. The van der Waals surface area contributed by atoms with Crippen molar-refractivity contribution in [1.82, 2.24) is 35.4 Å². The number of rotatable bonds is 12. The van der Waals surface area contributed by atoms with Gasteiger partial charge >= 0.3 is 12.2 Å². The molecule has 0 aliphatic carbocycles. The van der Waals surface area contributed by atoms with Gasteiger partial charge in [0.2, 0.25) is 5.91 Å². The van der Waals surface area contributed by atoms with Crippen molar-refractivity contribution in [3.8, 4) is 22.5 Å². The topological polar surface area (TPSA) is 194 Å². The molecule has 3 aliphatic heterocycles. The number of benzene rings is 3. The van der Waals surface area contributed by atoms with Gasteiger partial charge in [0.25, 0.3) is 5.91 Å². The van der Waals surface area contributed by atoms with Crippen LogP contribution in [0.15, 0.2) is 110 Å². The quantitative estimate of drug-likeness (QED) is 0.0732. The van der Waals surface area contributed by atoms with Gasteiger partial charge in [-0.15, -0.1) is 0 Å². The molecule has 1 unspecified atom stereocenters. The monoisotopic (exact) mass is 840 g/mol. The van der Waals surface area contributed by atoms with Crippen molar-refractivity contribution < 1.29 is 33.8 Å². The number of hydrogen-bond acceptors (Lipinski definition) is 8. The first-order chi connectivity index (χ1) is 29.9. The van der Waals surface area contributed by atoms with Gasteiger partial charge < -0.3 is 45.4 Å². The van der Waals surface area contributed by atoms with Crippen LogP contribution in [-0.2, 0) is 19.1 Å². The fourth-order valence-corrected chi connectivity index (χ4v) is 8.53. The number of alkyl carbamates (subject to hydrolysis) is 1. The van der Waals surface area contributed by atoms with E-state index in [1.165, 1.54) is 0 Å². The van der Waals surface area contributed by atoms with Crippen LogP contribution in [0, 0.1) is 0 Å². The summed E-state index contributed by atoms with van der Waals surface area (Å²) >= 11 is 0. The molecule has 2 fully saturated rings. The van der Waals surface area contributed by atoms with E-state index < -0.39 is 42.0 Å². The number of aromatic nitrogens is 3. The lowest BCUT2D eigenvalue weighted by molar-refractivity contribution is -0.138. The maximum atomic E-state index is 14.0. The Morgan fingerprint density at radius 2 is 1.66 bits per heavy atom. The number of anilines is 1. The zero-order valence-corrected chi connectivity index (χ0v) is 35.0. The van der Waals surface area contributed by atoms with E-state index in [0.29, 0.717) is 37.2 Å². The summed E-state index contributed by atoms with van der Waals surface area (Å²) < 4.78 is 11.2. The fraction of sp³-hybridized carbons (Fsp3) is 0.340. The van der Waals surface area contributed by atoms with Gasteiger partial charge in [0, 0.05) is 35.4 Å². The van der Waals surface area contributed by atoms with Crippen LogP contribution >= 0.6 is 0 Å². The van der Waals surface area contributed by atoms with Crippen molar-refractivity contribution in [2.45, 2.75) is 82.3 Å². The number of nitrogens with zero attached hydrogens (tertiary/aromatic N) is 3. The maximum Gasteiger partial charge on any atom is 0.408 e. The van der Waals surface area contributed by atoms with Gasteiger partial charge in [0.05, 0.1) is 30.2 Å². The van der Waals surface area contributed by atoms with Gasteiger partial charge in [-0.25, -0.2) is 14.6 Å². The summed E-state index contributed by atoms with van der Waals surface area (Å²) in [6.07, 6.45) is 9.76. The minimum absolute atomic E-state index is 0.0185. The molecule has 0 spiro atoms. The van der Waals surface area contributed by atoms with E-state index in [4.69, 9.17) is 14.5 Å². The maximum absolute atomic E-state index is 14.0. The predicted octanol–water partition coefficient (Wildman–Crippen LogP) is 7.66. The highest BCUT2D eigenvalue weighted by Gasteiger charge is 2.39. The highest BCUT2D eigenvalue weighted by molar-refractivity contribution is 6.00. The van der Waals surface area contributed by atoms with Crippen molar-refractivity contribution in [3.05, 3.63) is 121 Å². The van der Waals surface area contributed by atoms with Crippen LogP contribution in [0.25, 0.3) is 33.4 Å². The van der Waals surface area contributed by atoms with Crippen molar-refractivity contribution >= 4 is 40.6 Å². The molecular formula is C47H52N8O7. The van der Waals surface area contributed by atoms with Gasteiger partial charge in [-0.3, -0.25) is 14.5 Å². The lowest BCUT2D eigenvalue weighted by atomic mass is 10.0. The average Bonchev–Trinajstić information content (AvgIpc) is 4.09. The highest BCUT2D eigenvalue weighted by Crippen LogP contribution is 2.34. The Hall–Kier alpha value is -6.87. The molecule has 2 saturated heterocycles. The number of carbonyl (C=O) groups excluding carboxylic acids is 3. The summed E-state index contributed by atoms with van der Waals surface area (Å²) in [6.45, 7) is 6.96. The zero-order chi connectivity index (χ0) is 43.4. The molecule has 15 nitrogen and oxygen atoms in total. The smallest absolute Gasteiger partial charge is 0.408 e. The second kappa shape index (κ2) is 18.0. The van der Waals surface area contributed by atoms with E-state index in [-0.39, 0.29) is 17.9 Å². The van der Waals surface area contributed by atoms with Crippen LogP contribution in [-0.4, -0.2) is 97.3 Å². The second-order valence-corrected chi connectivity index (χ2v) is 16.9. The predicted molar refractivity (Wildman–Crippen MR) is 235 cm³/mol. The first-order valence-electron chi connectivity index (χ1n) is 21.0. The molecule has 0 bridgehead atoms. The number of fused-ring (bicyclic) bond motifs is 1. The van der Waals surface area contributed by atoms with E-state index in [1.54, 1.807) is 62.3 Å². The molecule has 3 aliphatic rings. The Kier molecular flexibility index (Phi) is 12.2. The number of imidazole rings is 1. The van der Waals surface area contributed by atoms with Crippen LogP contribution < -0.4 is 16.0 Å². The molecular weight excluding hydrogens is 789 g/mol. The normalized spacial score (nSPS) is 19.8. The molecule has 8 rings (SSSR count). The van der Waals surface area contributed by atoms with Gasteiger partial charge in [-0.1, -0.05) is 60.7 Å². The summed E-state index contributed by atoms with van der Waals surface area (Å²) in [5, 5.41) is 18.8. The molecule has 5 atom stereocenters. The number of H-pyrrole nitrogens is 2. The van der Waals surface area contributed by atoms with Crippen LogP contribution in [0.3, 0.4) is 0 Å². The molecule has 0 radical (unpaired) electrons. The molecule has 15 heteroatoms. The number of likely N-dealkylation sites (tertiary alicyclic amines) is 2. The van der Waals surface area contributed by atoms with Crippen LogP contribution in [0.5, 0.6) is 0 Å². The van der Waals surface area contributed by atoms with Crippen LogP contribution in [0.4, 0.5) is 15.3 Å². The molecule has 322 valence electrons. The Morgan fingerprint density at radius 3 is 2.39 bits per heavy atom. The third kappa shape index (κ3) is 9.68. The number of hydrogen-bond donors (Lipinski definition) is 6. The Balaban J connectivity index is 0.914. The standard InChI is InChI=1S/C47H52N8O7/c1-47(2,3)62-46(60)53-41(31-11-5-4-6-12-31)44(57)55-23-10-14-39(55)43(56)49-33-20-21-34-32(25-33)26-35(50-34)29-16-18-30(19-17-29)36-27-48-42(51-36)38-13-9-22-54(38)28-37(52-45(58)59)40-15-7-8-24-61-40/h4-8,11-12,15-21,24-27,37-41,50,52H,9-10,13-14,22-23,28H2,1-3H3,(H,48,51)(H,49,56)(H,53,60)(H,58,59)/t37-,38+,39+,40?,41-/m1/s1. The minimum atomic E-state index is -1.09. The number of carbonyl (C=O) groups is 4. The Labute approximate surface area is 359 Å². The molecule has 5 heterocycles. The van der Waals surface area contributed by atoms with E-state index in [2.05, 4.69) is 30.8 Å². The van der Waals surface area contributed by atoms with Crippen LogP contribution in [0.2, 0.25) is 0 Å².